The molecule has 0 unspecified atom stereocenters. The van der Waals surface area contributed by atoms with E-state index in [2.05, 4.69) is 0 Å². The maximum absolute atomic E-state index is 12.3. The van der Waals surface area contributed by atoms with Crippen LogP contribution in [0.3, 0.4) is 0 Å². The van der Waals surface area contributed by atoms with Crippen molar-refractivity contribution in [2.24, 2.45) is 0 Å². The van der Waals surface area contributed by atoms with Crippen LogP contribution >= 0.6 is 0 Å². The smallest absolute Gasteiger partial charge is 0.258 e. The zero-order valence-electron chi connectivity index (χ0n) is 11.3. The van der Waals surface area contributed by atoms with Gasteiger partial charge >= 0.3 is 0 Å². The standard InChI is InChI=1S/C15H16N2O3/c1-2-19-11-9-17-8-6-12-13(15(17)18)4-3-5-14(12)20-10-7-16/h3-6,8H,2,9-11H2,1H3. The second-order valence-corrected chi connectivity index (χ2v) is 4.18. The summed E-state index contributed by atoms with van der Waals surface area (Å²) in [6.07, 6.45) is 1.73. The Hall–Kier alpha value is -2.32. The summed E-state index contributed by atoms with van der Waals surface area (Å²) < 4.78 is 12.2. The summed E-state index contributed by atoms with van der Waals surface area (Å²) >= 11 is 0. The maximum atomic E-state index is 12.3. The van der Waals surface area contributed by atoms with E-state index in [1.807, 2.05) is 19.1 Å². The number of rotatable bonds is 6. The van der Waals surface area contributed by atoms with Crippen LogP contribution in [-0.2, 0) is 11.3 Å². The van der Waals surface area contributed by atoms with Crippen LogP contribution in [0.5, 0.6) is 5.75 Å². The molecule has 0 aliphatic rings. The van der Waals surface area contributed by atoms with E-state index >= 15 is 0 Å². The van der Waals surface area contributed by atoms with Gasteiger partial charge in [-0.1, -0.05) is 6.07 Å². The molecular weight excluding hydrogens is 256 g/mol. The third-order valence-electron chi connectivity index (χ3n) is 2.95. The van der Waals surface area contributed by atoms with Crippen molar-refractivity contribution in [2.45, 2.75) is 13.5 Å². The molecule has 1 heterocycles. The normalized spacial score (nSPS) is 10.4. The summed E-state index contributed by atoms with van der Waals surface area (Å²) in [5.41, 5.74) is -0.0791. The summed E-state index contributed by atoms with van der Waals surface area (Å²) in [5, 5.41) is 9.87. The molecule has 5 nitrogen and oxygen atoms in total. The van der Waals surface area contributed by atoms with Gasteiger partial charge in [-0.15, -0.1) is 0 Å². The molecule has 0 fully saturated rings. The lowest BCUT2D eigenvalue weighted by Crippen LogP contribution is -2.22. The highest BCUT2D eigenvalue weighted by molar-refractivity contribution is 5.87. The van der Waals surface area contributed by atoms with Gasteiger partial charge in [0.2, 0.25) is 0 Å². The maximum Gasteiger partial charge on any atom is 0.258 e. The van der Waals surface area contributed by atoms with Gasteiger partial charge in [0.05, 0.1) is 12.0 Å². The molecule has 0 atom stereocenters. The number of aromatic nitrogens is 1. The first kappa shape index (κ1) is 14.1. The van der Waals surface area contributed by atoms with Crippen LogP contribution in [0.15, 0.2) is 35.3 Å². The molecule has 1 aromatic heterocycles. The number of benzene rings is 1. The van der Waals surface area contributed by atoms with Crippen molar-refractivity contribution in [1.82, 2.24) is 4.57 Å². The summed E-state index contributed by atoms with van der Waals surface area (Å²) in [7, 11) is 0. The number of nitriles is 1. The van der Waals surface area contributed by atoms with Gasteiger partial charge in [0.1, 0.15) is 11.8 Å². The number of pyridine rings is 1. The lowest BCUT2D eigenvalue weighted by molar-refractivity contribution is 0.138. The van der Waals surface area contributed by atoms with Crippen molar-refractivity contribution in [3.63, 3.8) is 0 Å². The van der Waals surface area contributed by atoms with Crippen molar-refractivity contribution in [3.05, 3.63) is 40.8 Å². The van der Waals surface area contributed by atoms with Gasteiger partial charge in [0.15, 0.2) is 6.61 Å². The minimum Gasteiger partial charge on any atom is -0.478 e. The molecule has 0 N–H and O–H groups in total. The minimum atomic E-state index is -0.0791. The SMILES string of the molecule is CCOCCn1ccc2c(OCC#N)cccc2c1=O. The Labute approximate surface area is 117 Å². The van der Waals surface area contributed by atoms with E-state index < -0.39 is 0 Å². The Morgan fingerprint density at radius 2 is 2.15 bits per heavy atom. The van der Waals surface area contributed by atoms with Crippen molar-refractivity contribution in [1.29, 1.82) is 5.26 Å². The fraction of sp³-hybridized carbons (Fsp3) is 0.333. The molecule has 0 radical (unpaired) electrons. The number of nitrogens with zero attached hydrogens (tertiary/aromatic N) is 2. The predicted molar refractivity (Wildman–Crippen MR) is 75.8 cm³/mol. The van der Waals surface area contributed by atoms with Gasteiger partial charge in [-0.05, 0) is 25.1 Å². The molecule has 104 valence electrons. The van der Waals surface area contributed by atoms with Crippen LogP contribution in [0, 0.1) is 11.3 Å². The van der Waals surface area contributed by atoms with Crippen molar-refractivity contribution < 1.29 is 9.47 Å². The molecule has 0 bridgehead atoms. The quantitative estimate of drug-likeness (QED) is 0.754. The molecule has 0 saturated carbocycles. The topological polar surface area (TPSA) is 64.2 Å². The second-order valence-electron chi connectivity index (χ2n) is 4.18. The Balaban J connectivity index is 2.36. The third kappa shape index (κ3) is 2.98. The van der Waals surface area contributed by atoms with Gasteiger partial charge in [0, 0.05) is 24.7 Å². The van der Waals surface area contributed by atoms with Gasteiger partial charge in [-0.25, -0.2) is 0 Å². The van der Waals surface area contributed by atoms with E-state index in [1.54, 1.807) is 29.0 Å². The van der Waals surface area contributed by atoms with E-state index in [-0.39, 0.29) is 12.2 Å². The lowest BCUT2D eigenvalue weighted by Gasteiger charge is -2.10. The monoisotopic (exact) mass is 272 g/mol. The molecule has 1 aromatic carbocycles. The van der Waals surface area contributed by atoms with Crippen LogP contribution in [0.2, 0.25) is 0 Å². The fourth-order valence-electron chi connectivity index (χ4n) is 2.01. The molecule has 0 aliphatic carbocycles. The molecule has 2 rings (SSSR count). The van der Waals surface area contributed by atoms with Gasteiger partial charge in [0.25, 0.3) is 5.56 Å². The van der Waals surface area contributed by atoms with Crippen molar-refractivity contribution in [2.75, 3.05) is 19.8 Å². The highest BCUT2D eigenvalue weighted by atomic mass is 16.5. The average molecular weight is 272 g/mol. The first-order valence-corrected chi connectivity index (χ1v) is 6.47. The Bertz CT molecular complexity index is 686. The summed E-state index contributed by atoms with van der Waals surface area (Å²) in [5.74, 6) is 0.554. The zero-order valence-corrected chi connectivity index (χ0v) is 11.3. The molecule has 0 aliphatic heterocycles. The zero-order chi connectivity index (χ0) is 14.4. The summed E-state index contributed by atoms with van der Waals surface area (Å²) in [6, 6.07) is 9.01. The number of hydrogen-bond donors (Lipinski definition) is 0. The van der Waals surface area contributed by atoms with Crippen LogP contribution in [0.25, 0.3) is 10.8 Å². The highest BCUT2D eigenvalue weighted by Gasteiger charge is 2.07. The third-order valence-corrected chi connectivity index (χ3v) is 2.95. The largest absolute Gasteiger partial charge is 0.478 e. The number of fused-ring (bicyclic) bond motifs is 1. The van der Waals surface area contributed by atoms with E-state index in [4.69, 9.17) is 14.7 Å². The highest BCUT2D eigenvalue weighted by Crippen LogP contribution is 2.22. The molecule has 20 heavy (non-hydrogen) atoms. The van der Waals surface area contributed by atoms with Crippen LogP contribution in [-0.4, -0.2) is 24.4 Å². The Kier molecular flexibility index (Phi) is 4.75. The average Bonchev–Trinajstić information content (AvgIpc) is 2.48. The van der Waals surface area contributed by atoms with Crippen LogP contribution in [0.4, 0.5) is 0 Å². The van der Waals surface area contributed by atoms with E-state index in [9.17, 15) is 4.79 Å². The van der Waals surface area contributed by atoms with Crippen LogP contribution < -0.4 is 10.3 Å². The Morgan fingerprint density at radius 1 is 1.30 bits per heavy atom. The first-order chi connectivity index (χ1) is 9.77. The molecule has 5 heteroatoms. The van der Waals surface area contributed by atoms with Crippen LogP contribution in [0.1, 0.15) is 6.92 Å². The van der Waals surface area contributed by atoms with E-state index in [0.29, 0.717) is 30.9 Å². The van der Waals surface area contributed by atoms with E-state index in [1.165, 1.54) is 0 Å². The van der Waals surface area contributed by atoms with Gasteiger partial charge in [-0.3, -0.25) is 4.79 Å². The van der Waals surface area contributed by atoms with Crippen molar-refractivity contribution in [3.8, 4) is 11.8 Å². The summed E-state index contributed by atoms with van der Waals surface area (Å²) in [6.45, 7) is 3.54. The molecule has 0 amide bonds. The number of ether oxygens (including phenoxy) is 2. The predicted octanol–water partition coefficient (Wildman–Crippen LogP) is 1.94. The van der Waals surface area contributed by atoms with Gasteiger partial charge < -0.3 is 14.0 Å². The minimum absolute atomic E-state index is 0.0352. The molecule has 2 aromatic rings. The summed E-state index contributed by atoms with van der Waals surface area (Å²) in [4.78, 5) is 12.3. The molecule has 0 saturated heterocycles. The first-order valence-electron chi connectivity index (χ1n) is 6.47. The molecular formula is C15H16N2O3. The molecule has 0 spiro atoms. The second kappa shape index (κ2) is 6.73. The Morgan fingerprint density at radius 3 is 2.90 bits per heavy atom. The lowest BCUT2D eigenvalue weighted by atomic mass is 10.1. The van der Waals surface area contributed by atoms with Crippen molar-refractivity contribution >= 4 is 10.8 Å². The van der Waals surface area contributed by atoms with Gasteiger partial charge in [-0.2, -0.15) is 5.26 Å². The number of hydrogen-bond acceptors (Lipinski definition) is 4. The fourth-order valence-corrected chi connectivity index (χ4v) is 2.01. The van der Waals surface area contributed by atoms with E-state index in [0.717, 1.165) is 5.39 Å².